The molecule has 112 valence electrons. The van der Waals surface area contributed by atoms with Crippen LogP contribution in [0.2, 0.25) is 0 Å². The predicted molar refractivity (Wildman–Crippen MR) is 74.5 cm³/mol. The van der Waals surface area contributed by atoms with E-state index in [1.807, 2.05) is 0 Å². The average Bonchev–Trinajstić information content (AvgIpc) is 2.41. The maximum Gasteiger partial charge on any atom is 0.416 e. The second-order valence-corrected chi connectivity index (χ2v) is 5.71. The molecule has 1 fully saturated rings. The van der Waals surface area contributed by atoms with Crippen LogP contribution in [0.5, 0.6) is 0 Å². The van der Waals surface area contributed by atoms with E-state index in [1.54, 1.807) is 0 Å². The molecule has 0 heterocycles. The van der Waals surface area contributed by atoms with Crippen LogP contribution in [0.1, 0.15) is 38.2 Å². The topological polar surface area (TPSA) is 38.0 Å². The van der Waals surface area contributed by atoms with Gasteiger partial charge in [-0.05, 0) is 43.0 Å². The standard InChI is InChI=1S/C15H21F3N2/c1-11-4-2-3-9-14(11,10-19)20-13-7-5-12(6-8-13)15(16,17)18/h5-8,11,20H,2-4,9-10,19H2,1H3. The molecule has 1 saturated carbocycles. The van der Waals surface area contributed by atoms with Gasteiger partial charge in [0.05, 0.1) is 11.1 Å². The normalized spacial score (nSPS) is 27.4. The van der Waals surface area contributed by atoms with E-state index in [-0.39, 0.29) is 5.54 Å². The highest BCUT2D eigenvalue weighted by Crippen LogP contribution is 2.36. The van der Waals surface area contributed by atoms with Gasteiger partial charge in [-0.25, -0.2) is 0 Å². The van der Waals surface area contributed by atoms with E-state index in [2.05, 4.69) is 12.2 Å². The highest BCUT2D eigenvalue weighted by Gasteiger charge is 2.37. The van der Waals surface area contributed by atoms with Gasteiger partial charge in [0.25, 0.3) is 0 Å². The fraction of sp³-hybridized carbons (Fsp3) is 0.600. The van der Waals surface area contributed by atoms with Crippen LogP contribution in [0, 0.1) is 5.92 Å². The van der Waals surface area contributed by atoms with Gasteiger partial charge in [0.1, 0.15) is 0 Å². The molecule has 20 heavy (non-hydrogen) atoms. The molecule has 2 atom stereocenters. The van der Waals surface area contributed by atoms with Crippen LogP contribution in [-0.2, 0) is 6.18 Å². The lowest BCUT2D eigenvalue weighted by Gasteiger charge is -2.43. The summed E-state index contributed by atoms with van der Waals surface area (Å²) in [5, 5.41) is 3.38. The maximum atomic E-state index is 12.5. The third-order valence-electron chi connectivity index (χ3n) is 4.42. The van der Waals surface area contributed by atoms with Crippen molar-refractivity contribution in [3.05, 3.63) is 29.8 Å². The number of nitrogens with two attached hydrogens (primary N) is 1. The summed E-state index contributed by atoms with van der Waals surface area (Å²) in [5.74, 6) is 0.420. The third kappa shape index (κ3) is 3.08. The monoisotopic (exact) mass is 286 g/mol. The fourth-order valence-corrected chi connectivity index (χ4v) is 2.98. The van der Waals surface area contributed by atoms with Crippen molar-refractivity contribution in [3.63, 3.8) is 0 Å². The summed E-state index contributed by atoms with van der Waals surface area (Å²) in [5.41, 5.74) is 5.82. The molecule has 2 nitrogen and oxygen atoms in total. The number of hydrogen-bond acceptors (Lipinski definition) is 2. The van der Waals surface area contributed by atoms with Gasteiger partial charge >= 0.3 is 6.18 Å². The van der Waals surface area contributed by atoms with E-state index in [9.17, 15) is 13.2 Å². The Kier molecular flexibility index (Phi) is 4.28. The first-order valence-electron chi connectivity index (χ1n) is 7.03. The van der Waals surface area contributed by atoms with Crippen molar-refractivity contribution in [1.29, 1.82) is 0 Å². The Hall–Kier alpha value is -1.23. The molecule has 1 aromatic rings. The van der Waals surface area contributed by atoms with Crippen LogP contribution in [-0.4, -0.2) is 12.1 Å². The second-order valence-electron chi connectivity index (χ2n) is 5.71. The lowest BCUT2D eigenvalue weighted by Crippen LogP contribution is -2.52. The van der Waals surface area contributed by atoms with Crippen LogP contribution in [0.25, 0.3) is 0 Å². The lowest BCUT2D eigenvalue weighted by molar-refractivity contribution is -0.137. The molecule has 0 saturated heterocycles. The Morgan fingerprint density at radius 1 is 1.25 bits per heavy atom. The number of rotatable bonds is 3. The first kappa shape index (κ1) is 15.2. The number of hydrogen-bond donors (Lipinski definition) is 2. The van der Waals surface area contributed by atoms with Crippen LogP contribution < -0.4 is 11.1 Å². The lowest BCUT2D eigenvalue weighted by atomic mass is 9.73. The Morgan fingerprint density at radius 2 is 1.90 bits per heavy atom. The van der Waals surface area contributed by atoms with Gasteiger partial charge in [-0.3, -0.25) is 0 Å². The maximum absolute atomic E-state index is 12.5. The van der Waals surface area contributed by atoms with Crippen molar-refractivity contribution in [1.82, 2.24) is 0 Å². The number of halogens is 3. The van der Waals surface area contributed by atoms with Gasteiger partial charge in [0.15, 0.2) is 0 Å². The summed E-state index contributed by atoms with van der Waals surface area (Å²) >= 11 is 0. The van der Waals surface area contributed by atoms with Gasteiger partial charge in [-0.2, -0.15) is 13.2 Å². The largest absolute Gasteiger partial charge is 0.416 e. The van der Waals surface area contributed by atoms with E-state index in [0.29, 0.717) is 18.2 Å². The number of benzene rings is 1. The SMILES string of the molecule is CC1CCCCC1(CN)Nc1ccc(C(F)(F)F)cc1. The zero-order valence-corrected chi connectivity index (χ0v) is 11.6. The zero-order valence-electron chi connectivity index (χ0n) is 11.6. The van der Waals surface area contributed by atoms with E-state index in [0.717, 1.165) is 31.4 Å². The molecule has 3 N–H and O–H groups in total. The van der Waals surface area contributed by atoms with Crippen molar-refractivity contribution in [2.75, 3.05) is 11.9 Å². The van der Waals surface area contributed by atoms with E-state index < -0.39 is 11.7 Å². The average molecular weight is 286 g/mol. The molecule has 0 amide bonds. The summed E-state index contributed by atoms with van der Waals surface area (Å²) in [6.07, 6.45) is 0.0749. The molecular weight excluding hydrogens is 265 g/mol. The molecule has 0 aliphatic heterocycles. The first-order chi connectivity index (χ1) is 9.37. The van der Waals surface area contributed by atoms with Crippen molar-refractivity contribution in [2.45, 2.75) is 44.3 Å². The van der Waals surface area contributed by atoms with Crippen molar-refractivity contribution in [3.8, 4) is 0 Å². The molecule has 0 spiro atoms. The summed E-state index contributed by atoms with van der Waals surface area (Å²) in [7, 11) is 0. The quantitative estimate of drug-likeness (QED) is 0.880. The molecule has 0 radical (unpaired) electrons. The molecule has 1 aromatic carbocycles. The van der Waals surface area contributed by atoms with Gasteiger partial charge < -0.3 is 11.1 Å². The van der Waals surface area contributed by atoms with Crippen LogP contribution in [0.15, 0.2) is 24.3 Å². The number of alkyl halides is 3. The molecular formula is C15H21F3N2. The van der Waals surface area contributed by atoms with Gasteiger partial charge in [0, 0.05) is 12.2 Å². The van der Waals surface area contributed by atoms with Crippen LogP contribution in [0.3, 0.4) is 0 Å². The summed E-state index contributed by atoms with van der Waals surface area (Å²) in [6, 6.07) is 5.20. The van der Waals surface area contributed by atoms with Crippen LogP contribution in [0.4, 0.5) is 18.9 Å². The van der Waals surface area contributed by atoms with Gasteiger partial charge in [-0.15, -0.1) is 0 Å². The van der Waals surface area contributed by atoms with Crippen molar-refractivity contribution < 1.29 is 13.2 Å². The first-order valence-corrected chi connectivity index (χ1v) is 7.03. The number of anilines is 1. The molecule has 0 bridgehead atoms. The van der Waals surface area contributed by atoms with Crippen molar-refractivity contribution >= 4 is 5.69 Å². The molecule has 2 unspecified atom stereocenters. The summed E-state index contributed by atoms with van der Waals surface area (Å²) in [4.78, 5) is 0. The Morgan fingerprint density at radius 3 is 2.40 bits per heavy atom. The van der Waals surface area contributed by atoms with E-state index in [1.165, 1.54) is 18.6 Å². The summed E-state index contributed by atoms with van der Waals surface area (Å²) in [6.45, 7) is 2.65. The third-order valence-corrected chi connectivity index (χ3v) is 4.42. The van der Waals surface area contributed by atoms with E-state index in [4.69, 9.17) is 5.73 Å². The molecule has 1 aliphatic rings. The minimum absolute atomic E-state index is 0.196. The summed E-state index contributed by atoms with van der Waals surface area (Å²) < 4.78 is 37.6. The molecule has 0 aromatic heterocycles. The Balaban J connectivity index is 2.16. The predicted octanol–water partition coefficient (Wildman–Crippen LogP) is 4.02. The minimum Gasteiger partial charge on any atom is -0.378 e. The van der Waals surface area contributed by atoms with E-state index >= 15 is 0 Å². The molecule has 5 heteroatoms. The second kappa shape index (κ2) is 5.64. The van der Waals surface area contributed by atoms with Gasteiger partial charge in [0.2, 0.25) is 0 Å². The van der Waals surface area contributed by atoms with Gasteiger partial charge in [-0.1, -0.05) is 19.8 Å². The zero-order chi connectivity index (χ0) is 14.8. The van der Waals surface area contributed by atoms with Crippen LogP contribution >= 0.6 is 0 Å². The Bertz CT molecular complexity index is 441. The highest BCUT2D eigenvalue weighted by molar-refractivity contribution is 5.48. The number of nitrogens with one attached hydrogen (secondary N) is 1. The fourth-order valence-electron chi connectivity index (χ4n) is 2.98. The Labute approximate surface area is 117 Å². The smallest absolute Gasteiger partial charge is 0.378 e. The molecule has 2 rings (SSSR count). The highest BCUT2D eigenvalue weighted by atomic mass is 19.4. The molecule has 1 aliphatic carbocycles. The minimum atomic E-state index is -4.29. The van der Waals surface area contributed by atoms with Crippen molar-refractivity contribution in [2.24, 2.45) is 11.7 Å².